The molecule has 0 saturated heterocycles. The Labute approximate surface area is 131 Å². The molecule has 0 bridgehead atoms. The molecule has 2 rings (SSSR count). The monoisotopic (exact) mass is 350 g/mol. The minimum Gasteiger partial charge on any atom is -0.326 e. The van der Waals surface area contributed by atoms with Crippen LogP contribution in [0.15, 0.2) is 56.7 Å². The number of hydrogen-bond acceptors (Lipinski definition) is 3. The van der Waals surface area contributed by atoms with Crippen LogP contribution < -0.4 is 11.1 Å². The van der Waals surface area contributed by atoms with E-state index in [4.69, 9.17) is 5.73 Å². The van der Waals surface area contributed by atoms with Crippen LogP contribution in [0.25, 0.3) is 0 Å². The average Bonchev–Trinajstić information content (AvgIpc) is 2.41. The second kappa shape index (κ2) is 6.92. The molecule has 0 unspecified atom stereocenters. The maximum absolute atomic E-state index is 11.0. The number of carbonyl (C=O) groups is 1. The quantitative estimate of drug-likeness (QED) is 0.875. The van der Waals surface area contributed by atoms with Crippen LogP contribution in [0.1, 0.15) is 12.5 Å². The highest BCUT2D eigenvalue weighted by Gasteiger charge is 2.05. The summed E-state index contributed by atoms with van der Waals surface area (Å²) in [7, 11) is 0. The van der Waals surface area contributed by atoms with Gasteiger partial charge in [-0.05, 0) is 42.0 Å². The number of nitrogens with two attached hydrogens (primary N) is 1. The molecule has 2 aromatic rings. The third-order valence-corrected chi connectivity index (χ3v) is 4.25. The molecule has 0 fully saturated rings. The fourth-order valence-corrected chi connectivity index (χ4v) is 3.24. The first-order chi connectivity index (χ1) is 9.58. The van der Waals surface area contributed by atoms with E-state index in [1.54, 1.807) is 11.8 Å². The van der Waals surface area contributed by atoms with Crippen molar-refractivity contribution in [3.63, 3.8) is 0 Å². The SMILES string of the molecule is CC(=O)Nc1ccc(Sc2cc(Br)ccc2CN)cc1. The zero-order chi connectivity index (χ0) is 14.5. The van der Waals surface area contributed by atoms with Crippen molar-refractivity contribution in [2.45, 2.75) is 23.3 Å². The van der Waals surface area contributed by atoms with E-state index in [9.17, 15) is 4.79 Å². The molecule has 3 N–H and O–H groups in total. The Kier molecular flexibility index (Phi) is 5.23. The molecule has 5 heteroatoms. The van der Waals surface area contributed by atoms with E-state index >= 15 is 0 Å². The van der Waals surface area contributed by atoms with Crippen molar-refractivity contribution >= 4 is 39.3 Å². The van der Waals surface area contributed by atoms with Gasteiger partial charge in [-0.25, -0.2) is 0 Å². The van der Waals surface area contributed by atoms with E-state index in [0.29, 0.717) is 6.54 Å². The largest absolute Gasteiger partial charge is 0.326 e. The molecule has 0 aromatic heterocycles. The lowest BCUT2D eigenvalue weighted by Crippen LogP contribution is -2.05. The second-order valence-corrected chi connectivity index (χ2v) is 6.29. The molecular formula is C15H15BrN2OS. The maximum atomic E-state index is 11.0. The standard InChI is InChI=1S/C15H15BrN2OS/c1-10(19)18-13-4-6-14(7-5-13)20-15-8-12(16)3-2-11(15)9-17/h2-8H,9,17H2,1H3,(H,18,19). The number of hydrogen-bond donors (Lipinski definition) is 2. The minimum absolute atomic E-state index is 0.0668. The lowest BCUT2D eigenvalue weighted by atomic mass is 10.2. The summed E-state index contributed by atoms with van der Waals surface area (Å²) >= 11 is 5.13. The van der Waals surface area contributed by atoms with Crippen molar-refractivity contribution in [2.24, 2.45) is 5.73 Å². The summed E-state index contributed by atoms with van der Waals surface area (Å²) in [6, 6.07) is 13.8. The van der Waals surface area contributed by atoms with Gasteiger partial charge < -0.3 is 11.1 Å². The Morgan fingerprint density at radius 1 is 1.25 bits per heavy atom. The lowest BCUT2D eigenvalue weighted by molar-refractivity contribution is -0.114. The van der Waals surface area contributed by atoms with Crippen LogP contribution in [-0.2, 0) is 11.3 Å². The van der Waals surface area contributed by atoms with Crippen molar-refractivity contribution < 1.29 is 4.79 Å². The van der Waals surface area contributed by atoms with Gasteiger partial charge in [-0.15, -0.1) is 0 Å². The summed E-state index contributed by atoms with van der Waals surface area (Å²) in [5.74, 6) is -0.0668. The molecule has 2 aromatic carbocycles. The Morgan fingerprint density at radius 3 is 2.55 bits per heavy atom. The first kappa shape index (κ1) is 15.1. The van der Waals surface area contributed by atoms with Crippen molar-refractivity contribution in [1.82, 2.24) is 0 Å². The summed E-state index contributed by atoms with van der Waals surface area (Å²) in [6.07, 6.45) is 0. The third-order valence-electron chi connectivity index (χ3n) is 2.65. The number of benzene rings is 2. The Morgan fingerprint density at radius 2 is 1.95 bits per heavy atom. The fourth-order valence-electron chi connectivity index (χ4n) is 1.73. The van der Waals surface area contributed by atoms with Gasteiger partial charge in [0, 0.05) is 33.4 Å². The molecule has 0 aliphatic rings. The van der Waals surface area contributed by atoms with E-state index in [1.165, 1.54) is 6.92 Å². The maximum Gasteiger partial charge on any atom is 0.221 e. The number of carbonyl (C=O) groups excluding carboxylic acids is 1. The van der Waals surface area contributed by atoms with Gasteiger partial charge in [-0.3, -0.25) is 4.79 Å². The third kappa shape index (κ3) is 4.10. The highest BCUT2D eigenvalue weighted by molar-refractivity contribution is 9.10. The normalized spacial score (nSPS) is 10.3. The summed E-state index contributed by atoms with van der Waals surface area (Å²) in [5, 5.41) is 2.75. The van der Waals surface area contributed by atoms with E-state index in [0.717, 1.165) is 25.5 Å². The molecule has 0 aliphatic carbocycles. The van der Waals surface area contributed by atoms with Crippen molar-refractivity contribution in [1.29, 1.82) is 0 Å². The van der Waals surface area contributed by atoms with Crippen molar-refractivity contribution in [3.05, 3.63) is 52.5 Å². The smallest absolute Gasteiger partial charge is 0.221 e. The van der Waals surface area contributed by atoms with Crippen LogP contribution in [0.2, 0.25) is 0 Å². The van der Waals surface area contributed by atoms with Gasteiger partial charge in [0.05, 0.1) is 0 Å². The highest BCUT2D eigenvalue weighted by Crippen LogP contribution is 2.33. The Balaban J connectivity index is 2.17. The topological polar surface area (TPSA) is 55.1 Å². The molecule has 104 valence electrons. The Bertz CT molecular complexity index is 614. The molecule has 0 spiro atoms. The number of amides is 1. The number of nitrogens with one attached hydrogen (secondary N) is 1. The zero-order valence-electron chi connectivity index (χ0n) is 11.0. The average molecular weight is 351 g/mol. The van der Waals surface area contributed by atoms with Gasteiger partial charge in [0.25, 0.3) is 0 Å². The van der Waals surface area contributed by atoms with Crippen LogP contribution in [0.4, 0.5) is 5.69 Å². The molecular weight excluding hydrogens is 336 g/mol. The van der Waals surface area contributed by atoms with Crippen molar-refractivity contribution in [2.75, 3.05) is 5.32 Å². The second-order valence-electron chi connectivity index (χ2n) is 4.26. The van der Waals surface area contributed by atoms with Gasteiger partial charge in [-0.1, -0.05) is 33.8 Å². The predicted molar refractivity (Wildman–Crippen MR) is 86.9 cm³/mol. The molecule has 0 saturated carbocycles. The summed E-state index contributed by atoms with van der Waals surface area (Å²) in [6.45, 7) is 2.01. The van der Waals surface area contributed by atoms with Crippen LogP contribution >= 0.6 is 27.7 Å². The van der Waals surface area contributed by atoms with E-state index in [-0.39, 0.29) is 5.91 Å². The number of anilines is 1. The number of rotatable bonds is 4. The first-order valence-corrected chi connectivity index (χ1v) is 7.73. The summed E-state index contributed by atoms with van der Waals surface area (Å²) < 4.78 is 1.03. The highest BCUT2D eigenvalue weighted by atomic mass is 79.9. The van der Waals surface area contributed by atoms with Gasteiger partial charge in [0.15, 0.2) is 0 Å². The van der Waals surface area contributed by atoms with Crippen molar-refractivity contribution in [3.8, 4) is 0 Å². The van der Waals surface area contributed by atoms with E-state index in [2.05, 4.69) is 27.3 Å². The van der Waals surface area contributed by atoms with Crippen LogP contribution in [0, 0.1) is 0 Å². The fraction of sp³-hybridized carbons (Fsp3) is 0.133. The summed E-state index contributed by atoms with van der Waals surface area (Å²) in [4.78, 5) is 13.2. The van der Waals surface area contributed by atoms with Crippen LogP contribution in [0.3, 0.4) is 0 Å². The van der Waals surface area contributed by atoms with Gasteiger partial charge in [-0.2, -0.15) is 0 Å². The minimum atomic E-state index is -0.0668. The molecule has 0 heterocycles. The van der Waals surface area contributed by atoms with Crippen LogP contribution in [-0.4, -0.2) is 5.91 Å². The molecule has 0 aliphatic heterocycles. The first-order valence-electron chi connectivity index (χ1n) is 6.12. The number of halogens is 1. The predicted octanol–water partition coefficient (Wildman–Crippen LogP) is 4.02. The molecule has 0 atom stereocenters. The van der Waals surface area contributed by atoms with Gasteiger partial charge in [0.2, 0.25) is 5.91 Å². The zero-order valence-corrected chi connectivity index (χ0v) is 13.4. The lowest BCUT2D eigenvalue weighted by Gasteiger charge is -2.09. The molecule has 1 amide bonds. The Hall–Kier alpha value is -1.30. The van der Waals surface area contributed by atoms with E-state index in [1.807, 2.05) is 36.4 Å². The molecule has 3 nitrogen and oxygen atoms in total. The van der Waals surface area contributed by atoms with Gasteiger partial charge >= 0.3 is 0 Å². The van der Waals surface area contributed by atoms with E-state index < -0.39 is 0 Å². The molecule has 0 radical (unpaired) electrons. The van der Waals surface area contributed by atoms with Crippen LogP contribution in [0.5, 0.6) is 0 Å². The summed E-state index contributed by atoms with van der Waals surface area (Å²) in [5.41, 5.74) is 7.67. The van der Waals surface area contributed by atoms with Gasteiger partial charge in [0.1, 0.15) is 0 Å². The molecule has 20 heavy (non-hydrogen) atoms.